The van der Waals surface area contributed by atoms with Crippen molar-refractivity contribution in [3.05, 3.63) is 301 Å². The van der Waals surface area contributed by atoms with Gasteiger partial charge in [0.05, 0.1) is 0 Å². The number of para-hydroxylation sites is 3. The van der Waals surface area contributed by atoms with E-state index in [4.69, 9.17) is 0 Å². The van der Waals surface area contributed by atoms with Gasteiger partial charge in [-0.2, -0.15) is 0 Å². The van der Waals surface area contributed by atoms with Crippen LogP contribution in [0, 0.1) is 62.5 Å². The summed E-state index contributed by atoms with van der Waals surface area (Å²) in [6.45, 7) is 6.43. The van der Waals surface area contributed by atoms with Crippen LogP contribution in [0.4, 0.5) is 51.2 Å². The lowest BCUT2D eigenvalue weighted by Gasteiger charge is -2.26. The first-order chi connectivity index (χ1) is 32.5. The van der Waals surface area contributed by atoms with Gasteiger partial charge in [0.25, 0.3) is 0 Å². The summed E-state index contributed by atoms with van der Waals surface area (Å²) >= 11 is 0. The molecule has 3 nitrogen and oxygen atoms in total. The van der Waals surface area contributed by atoms with Crippen molar-refractivity contribution < 1.29 is 0 Å². The summed E-state index contributed by atoms with van der Waals surface area (Å²) in [6.07, 6.45) is 0. The van der Waals surface area contributed by atoms with Crippen LogP contribution in [-0.4, -0.2) is 0 Å². The van der Waals surface area contributed by atoms with Crippen molar-refractivity contribution in [3.8, 4) is 0 Å². The average molecular weight is 848 g/mol. The summed E-state index contributed by atoms with van der Waals surface area (Å²) < 4.78 is 0. The Labute approximate surface area is 386 Å². The molecule has 316 valence electrons. The summed E-state index contributed by atoms with van der Waals surface area (Å²) in [5.74, 6) is 0. The highest BCUT2D eigenvalue weighted by Crippen LogP contribution is 2.39. The first kappa shape index (κ1) is 40.4. The number of hydrogen-bond acceptors (Lipinski definition) is 3. The van der Waals surface area contributed by atoms with Crippen LogP contribution in [0.3, 0.4) is 0 Å². The molecule has 0 N–H and O–H groups in total. The minimum absolute atomic E-state index is 1.08. The third-order valence-corrected chi connectivity index (χ3v) is 12.8. The lowest BCUT2D eigenvalue weighted by atomic mass is 9.99. The molecule has 0 spiro atoms. The zero-order chi connectivity index (χ0) is 44.6. The topological polar surface area (TPSA) is 9.72 Å². The summed E-state index contributed by atoms with van der Waals surface area (Å²) in [7, 11) is 0. The molecular formula is C63H49N3. The Hall–Kier alpha value is -8.40. The van der Waals surface area contributed by atoms with Crippen LogP contribution in [-0.2, 0) is 0 Å². The maximum atomic E-state index is 2.41. The molecule has 10 aromatic rings. The minimum Gasteiger partial charge on any atom is -0.310 e. The second kappa shape index (κ2) is 17.3. The molecule has 0 heterocycles. The maximum Gasteiger partial charge on any atom is 0.0468 e. The van der Waals surface area contributed by atoms with Crippen molar-refractivity contribution in [3.63, 3.8) is 0 Å². The highest BCUT2D eigenvalue weighted by Gasteiger charge is 2.17. The van der Waals surface area contributed by atoms with Gasteiger partial charge in [0.15, 0.2) is 0 Å². The molecule has 0 atom stereocenters. The molecule has 0 unspecified atom stereocenters. The molecule has 0 aromatic heterocycles. The van der Waals surface area contributed by atoms with Gasteiger partial charge in [-0.05, 0) is 172 Å². The van der Waals surface area contributed by atoms with Crippen molar-refractivity contribution in [1.29, 1.82) is 0 Å². The fourth-order valence-corrected chi connectivity index (χ4v) is 9.49. The lowest BCUT2D eigenvalue weighted by Crippen LogP contribution is -2.11. The Morgan fingerprint density at radius 2 is 0.394 bits per heavy atom. The minimum atomic E-state index is 1.08. The Kier molecular flexibility index (Phi) is 10.6. The monoisotopic (exact) mass is 847 g/mol. The smallest absolute Gasteiger partial charge is 0.0468 e. The summed E-state index contributed by atoms with van der Waals surface area (Å²) in [5, 5.41) is 9.44. The van der Waals surface area contributed by atoms with Crippen molar-refractivity contribution in [2.75, 3.05) is 14.7 Å². The van der Waals surface area contributed by atoms with Gasteiger partial charge >= 0.3 is 0 Å². The number of nitrogens with zero attached hydrogens (tertiary/aromatic N) is 3. The van der Waals surface area contributed by atoms with Crippen LogP contribution in [0.1, 0.15) is 16.7 Å². The first-order valence-electron chi connectivity index (χ1n) is 22.8. The van der Waals surface area contributed by atoms with E-state index >= 15 is 0 Å². The van der Waals surface area contributed by atoms with Gasteiger partial charge in [0.2, 0.25) is 0 Å². The second-order valence-electron chi connectivity index (χ2n) is 17.3. The van der Waals surface area contributed by atoms with Crippen LogP contribution in [0.15, 0.2) is 243 Å². The van der Waals surface area contributed by atoms with E-state index in [9.17, 15) is 0 Å². The number of hydrogen-bond donors (Lipinski definition) is 0. The Bertz CT molecular complexity index is 3670. The molecule has 0 bridgehead atoms. The van der Waals surface area contributed by atoms with Crippen LogP contribution >= 0.6 is 0 Å². The molecule has 10 aromatic carbocycles. The molecule has 0 radical (unpaired) electrons. The molecule has 0 aliphatic heterocycles. The Balaban J connectivity index is 1.29. The van der Waals surface area contributed by atoms with Crippen molar-refractivity contribution in [2.45, 2.75) is 20.8 Å². The van der Waals surface area contributed by atoms with Crippen molar-refractivity contribution >= 4 is 51.2 Å². The number of rotatable bonds is 9. The average Bonchev–Trinajstić information content (AvgIpc) is 3.36. The molecule has 3 heteroatoms. The zero-order valence-corrected chi connectivity index (χ0v) is 37.4. The molecule has 0 saturated carbocycles. The predicted molar refractivity (Wildman–Crippen MR) is 275 cm³/mol. The van der Waals surface area contributed by atoms with E-state index in [-0.39, 0.29) is 0 Å². The second-order valence-corrected chi connectivity index (χ2v) is 17.3. The summed E-state index contributed by atoms with van der Waals surface area (Å²) in [6, 6.07) is 88.7. The van der Waals surface area contributed by atoms with Crippen LogP contribution < -0.4 is 14.7 Å². The van der Waals surface area contributed by atoms with Gasteiger partial charge in [-0.15, -0.1) is 0 Å². The molecule has 0 saturated heterocycles. The summed E-state index contributed by atoms with van der Waals surface area (Å²) in [5.41, 5.74) is 13.6. The maximum absolute atomic E-state index is 2.41. The largest absolute Gasteiger partial charge is 0.310 e. The third kappa shape index (κ3) is 7.61. The highest BCUT2D eigenvalue weighted by molar-refractivity contribution is 5.79. The molecular weight excluding hydrogens is 799 g/mol. The predicted octanol–water partition coefficient (Wildman–Crippen LogP) is 16.5. The van der Waals surface area contributed by atoms with Crippen LogP contribution in [0.5, 0.6) is 0 Å². The first-order valence-corrected chi connectivity index (χ1v) is 22.8. The van der Waals surface area contributed by atoms with Crippen molar-refractivity contribution in [2.24, 2.45) is 0 Å². The Morgan fingerprint density at radius 1 is 0.182 bits per heavy atom. The zero-order valence-electron chi connectivity index (χ0n) is 37.4. The molecule has 1 aliphatic rings. The standard InChI is InChI=1S/C63H49N3/c1-44-23-29-50(30-24-44)64(47-15-7-4-8-16-47)53-35-38-58-56-21-13-14-22-57(56)61-41-54(65(48-17-9-5-10-18-48)51-31-25-45(2)26-32-51)36-39-59(61)63-43-55(37-40-60(63)62(58)42-53)66(49-19-11-6-12-20-49)52-33-27-46(3)28-34-52/h4-43H,1-3H3. The van der Waals surface area contributed by atoms with E-state index in [0.29, 0.717) is 0 Å². The SMILES string of the molecule is Cc1ccc(N(c2ccccc2)c2ccc3c(c2)=c2ccc(N(c4ccccc4)c4ccc(C)cc4)cc2=c2ccc(N(c4ccccc4)c4ccc(C)cc4)cc2=c2ccccc2=3)cc1. The number of aryl methyl sites for hydroxylation is 3. The number of anilines is 9. The van der Waals surface area contributed by atoms with Crippen molar-refractivity contribution in [1.82, 2.24) is 0 Å². The van der Waals surface area contributed by atoms with E-state index < -0.39 is 0 Å². The molecule has 0 fully saturated rings. The molecule has 0 amide bonds. The van der Waals surface area contributed by atoms with Gasteiger partial charge < -0.3 is 14.7 Å². The molecule has 66 heavy (non-hydrogen) atoms. The van der Waals surface area contributed by atoms with E-state index in [0.717, 1.165) is 56.4 Å². The van der Waals surface area contributed by atoms with Crippen LogP contribution in [0.25, 0.3) is 0 Å². The third-order valence-electron chi connectivity index (χ3n) is 12.8. The number of benzene rings is 10. The normalized spacial score (nSPS) is 11.3. The molecule has 11 rings (SSSR count). The highest BCUT2D eigenvalue weighted by atomic mass is 15.2. The Morgan fingerprint density at radius 3 is 0.697 bits per heavy atom. The fourth-order valence-electron chi connectivity index (χ4n) is 9.49. The van der Waals surface area contributed by atoms with Gasteiger partial charge in [0.1, 0.15) is 0 Å². The lowest BCUT2D eigenvalue weighted by molar-refractivity contribution is 1.22. The molecule has 1 aliphatic carbocycles. The van der Waals surface area contributed by atoms with E-state index in [1.807, 2.05) is 0 Å². The quantitative estimate of drug-likeness (QED) is 0.143. The van der Waals surface area contributed by atoms with Gasteiger partial charge in [0, 0.05) is 51.2 Å². The van der Waals surface area contributed by atoms with E-state index in [1.54, 1.807) is 0 Å². The van der Waals surface area contributed by atoms with Crippen LogP contribution in [0.2, 0.25) is 0 Å². The van der Waals surface area contributed by atoms with E-state index in [2.05, 4.69) is 278 Å². The number of fused-ring (bicyclic) bond motifs is 4. The van der Waals surface area contributed by atoms with Gasteiger partial charge in [-0.1, -0.05) is 150 Å². The van der Waals surface area contributed by atoms with Gasteiger partial charge in [-0.3, -0.25) is 0 Å². The summed E-state index contributed by atoms with van der Waals surface area (Å²) in [4.78, 5) is 7.12. The van der Waals surface area contributed by atoms with E-state index in [1.165, 1.54) is 53.2 Å². The van der Waals surface area contributed by atoms with Gasteiger partial charge in [-0.25, -0.2) is 0 Å². The fraction of sp³-hybridized carbons (Fsp3) is 0.0476.